The molecule has 0 spiro atoms. The van der Waals surface area contributed by atoms with Gasteiger partial charge >= 0.3 is 0 Å². The molecule has 0 unspecified atom stereocenters. The fraction of sp³-hybridized carbons (Fsp3) is 0.714. The van der Waals surface area contributed by atoms with Crippen molar-refractivity contribution in [3.63, 3.8) is 0 Å². The van der Waals surface area contributed by atoms with Gasteiger partial charge in [0, 0.05) is 26.2 Å². The number of ether oxygens (including phenoxy) is 1. The third kappa shape index (κ3) is 1.32. The first-order chi connectivity index (χ1) is 5.36. The standard InChI is InChI=1S/C7H13N3O/c8-10-3-1-9(2-4-10)7-5-11-6-7/h5H,1-4,6,8H2. The third-order valence-corrected chi connectivity index (χ3v) is 2.17. The van der Waals surface area contributed by atoms with E-state index >= 15 is 0 Å². The van der Waals surface area contributed by atoms with E-state index < -0.39 is 0 Å². The van der Waals surface area contributed by atoms with Gasteiger partial charge in [-0.3, -0.25) is 5.84 Å². The molecule has 0 aromatic carbocycles. The van der Waals surface area contributed by atoms with Crippen LogP contribution in [-0.2, 0) is 4.74 Å². The Kier molecular flexibility index (Phi) is 1.71. The van der Waals surface area contributed by atoms with E-state index in [1.165, 1.54) is 5.70 Å². The van der Waals surface area contributed by atoms with E-state index in [-0.39, 0.29) is 0 Å². The zero-order valence-corrected chi connectivity index (χ0v) is 6.49. The smallest absolute Gasteiger partial charge is 0.130 e. The Morgan fingerprint density at radius 2 is 1.91 bits per heavy atom. The first-order valence-corrected chi connectivity index (χ1v) is 3.91. The quantitative estimate of drug-likeness (QED) is 0.511. The number of nitrogens with zero attached hydrogens (tertiary/aromatic N) is 2. The van der Waals surface area contributed by atoms with E-state index in [2.05, 4.69) is 4.90 Å². The summed E-state index contributed by atoms with van der Waals surface area (Å²) in [6.45, 7) is 4.76. The van der Waals surface area contributed by atoms with Gasteiger partial charge in [0.05, 0.1) is 5.70 Å². The number of hydrogen-bond acceptors (Lipinski definition) is 4. The highest BCUT2D eigenvalue weighted by Crippen LogP contribution is 2.14. The minimum Gasteiger partial charge on any atom is -0.493 e. The summed E-state index contributed by atoms with van der Waals surface area (Å²) in [7, 11) is 0. The molecule has 0 radical (unpaired) electrons. The number of hydrogen-bond donors (Lipinski definition) is 1. The maximum atomic E-state index is 5.61. The minimum absolute atomic E-state index is 0.782. The Morgan fingerprint density at radius 3 is 2.36 bits per heavy atom. The topological polar surface area (TPSA) is 41.7 Å². The SMILES string of the molecule is NN1CCN(C2=COC2)CC1. The third-order valence-electron chi connectivity index (χ3n) is 2.17. The summed E-state index contributed by atoms with van der Waals surface area (Å²) < 4.78 is 4.97. The fourth-order valence-corrected chi connectivity index (χ4v) is 1.33. The summed E-state index contributed by atoms with van der Waals surface area (Å²) in [5.41, 5.74) is 1.32. The Labute approximate surface area is 66.2 Å². The van der Waals surface area contributed by atoms with Crippen molar-refractivity contribution in [3.8, 4) is 0 Å². The van der Waals surface area contributed by atoms with Gasteiger partial charge in [0.15, 0.2) is 0 Å². The Hall–Kier alpha value is -0.740. The number of nitrogens with two attached hydrogens (primary N) is 1. The lowest BCUT2D eigenvalue weighted by atomic mass is 10.3. The van der Waals surface area contributed by atoms with E-state index in [0.717, 1.165) is 32.8 Å². The molecule has 0 saturated carbocycles. The van der Waals surface area contributed by atoms with Gasteiger partial charge < -0.3 is 9.64 Å². The summed E-state index contributed by atoms with van der Waals surface area (Å²) in [6, 6.07) is 0. The highest BCUT2D eigenvalue weighted by Gasteiger charge is 2.20. The van der Waals surface area contributed by atoms with Crippen molar-refractivity contribution in [1.82, 2.24) is 9.91 Å². The van der Waals surface area contributed by atoms with E-state index in [0.29, 0.717) is 0 Å². The number of rotatable bonds is 1. The van der Waals surface area contributed by atoms with Gasteiger partial charge in [-0.1, -0.05) is 0 Å². The highest BCUT2D eigenvalue weighted by molar-refractivity contribution is 5.05. The second kappa shape index (κ2) is 2.71. The molecule has 4 nitrogen and oxygen atoms in total. The molecule has 2 heterocycles. The number of piperazine rings is 1. The van der Waals surface area contributed by atoms with Crippen molar-refractivity contribution in [2.24, 2.45) is 5.84 Å². The first kappa shape index (κ1) is 6.94. The largest absolute Gasteiger partial charge is 0.493 e. The highest BCUT2D eigenvalue weighted by atomic mass is 16.5. The molecule has 2 aliphatic heterocycles. The van der Waals surface area contributed by atoms with Crippen LogP contribution in [0.25, 0.3) is 0 Å². The summed E-state index contributed by atoms with van der Waals surface area (Å²) in [5, 5.41) is 1.86. The lowest BCUT2D eigenvalue weighted by molar-refractivity contribution is 0.107. The Morgan fingerprint density at radius 1 is 1.27 bits per heavy atom. The monoisotopic (exact) mass is 155 g/mol. The molecule has 62 valence electrons. The van der Waals surface area contributed by atoms with Crippen LogP contribution in [0.1, 0.15) is 0 Å². The van der Waals surface area contributed by atoms with Crippen LogP contribution in [0.4, 0.5) is 0 Å². The van der Waals surface area contributed by atoms with Crippen LogP contribution < -0.4 is 5.84 Å². The van der Waals surface area contributed by atoms with Crippen LogP contribution in [0.2, 0.25) is 0 Å². The average Bonchev–Trinajstić information content (AvgIpc) is 1.90. The number of hydrazine groups is 1. The maximum Gasteiger partial charge on any atom is 0.130 e. The molecule has 11 heavy (non-hydrogen) atoms. The van der Waals surface area contributed by atoms with Crippen LogP contribution >= 0.6 is 0 Å². The van der Waals surface area contributed by atoms with Crippen LogP contribution in [-0.4, -0.2) is 42.7 Å². The lowest BCUT2D eigenvalue weighted by Crippen LogP contribution is -2.50. The molecule has 0 amide bonds. The van der Waals surface area contributed by atoms with E-state index in [9.17, 15) is 0 Å². The van der Waals surface area contributed by atoms with Gasteiger partial charge in [0.2, 0.25) is 0 Å². The van der Waals surface area contributed by atoms with Crippen molar-refractivity contribution in [3.05, 3.63) is 12.0 Å². The second-order valence-electron chi connectivity index (χ2n) is 2.94. The van der Waals surface area contributed by atoms with Gasteiger partial charge in [-0.05, 0) is 0 Å². The second-order valence-corrected chi connectivity index (χ2v) is 2.94. The molecule has 0 aromatic heterocycles. The van der Waals surface area contributed by atoms with Crippen LogP contribution in [0.15, 0.2) is 12.0 Å². The predicted octanol–water partition coefficient (Wildman–Crippen LogP) is -0.651. The molecule has 2 N–H and O–H groups in total. The van der Waals surface area contributed by atoms with Crippen molar-refractivity contribution < 1.29 is 4.74 Å². The zero-order chi connectivity index (χ0) is 7.68. The van der Waals surface area contributed by atoms with Gasteiger partial charge in [-0.15, -0.1) is 0 Å². The lowest BCUT2D eigenvalue weighted by Gasteiger charge is -2.36. The first-order valence-electron chi connectivity index (χ1n) is 3.91. The van der Waals surface area contributed by atoms with Gasteiger partial charge in [0.25, 0.3) is 0 Å². The molecule has 0 aromatic rings. The van der Waals surface area contributed by atoms with Crippen molar-refractivity contribution >= 4 is 0 Å². The van der Waals surface area contributed by atoms with Gasteiger partial charge in [-0.25, -0.2) is 5.01 Å². The average molecular weight is 155 g/mol. The van der Waals surface area contributed by atoms with Crippen LogP contribution in [0, 0.1) is 0 Å². The van der Waals surface area contributed by atoms with Gasteiger partial charge in [-0.2, -0.15) is 0 Å². The maximum absolute atomic E-state index is 5.61. The van der Waals surface area contributed by atoms with Crippen molar-refractivity contribution in [1.29, 1.82) is 0 Å². The summed E-state index contributed by atoms with van der Waals surface area (Å²) in [5.74, 6) is 5.61. The molecule has 2 aliphatic rings. The molecule has 0 aliphatic carbocycles. The molecular weight excluding hydrogens is 142 g/mol. The Balaban J connectivity index is 1.87. The molecule has 0 bridgehead atoms. The Bertz CT molecular complexity index is 173. The minimum atomic E-state index is 0.782. The van der Waals surface area contributed by atoms with Crippen molar-refractivity contribution in [2.75, 3.05) is 32.8 Å². The summed E-state index contributed by atoms with van der Waals surface area (Å²) in [6.07, 6.45) is 1.83. The van der Waals surface area contributed by atoms with Crippen molar-refractivity contribution in [2.45, 2.75) is 0 Å². The predicted molar refractivity (Wildman–Crippen MR) is 41.4 cm³/mol. The molecule has 2 rings (SSSR count). The van der Waals surface area contributed by atoms with E-state index in [4.69, 9.17) is 10.6 Å². The van der Waals surface area contributed by atoms with Crippen LogP contribution in [0.3, 0.4) is 0 Å². The zero-order valence-electron chi connectivity index (χ0n) is 6.49. The molecular formula is C7H13N3O. The normalized spacial score (nSPS) is 25.5. The van der Waals surface area contributed by atoms with Gasteiger partial charge in [0.1, 0.15) is 12.9 Å². The molecule has 1 saturated heterocycles. The molecule has 0 atom stereocenters. The summed E-state index contributed by atoms with van der Waals surface area (Å²) in [4.78, 5) is 2.33. The fourth-order valence-electron chi connectivity index (χ4n) is 1.33. The molecule has 4 heteroatoms. The van der Waals surface area contributed by atoms with Crippen LogP contribution in [0.5, 0.6) is 0 Å². The van der Waals surface area contributed by atoms with E-state index in [1.54, 1.807) is 0 Å². The summed E-state index contributed by atoms with van der Waals surface area (Å²) >= 11 is 0. The van der Waals surface area contributed by atoms with E-state index in [1.807, 2.05) is 11.3 Å². The molecule has 1 fully saturated rings.